The Morgan fingerprint density at radius 2 is 1.94 bits per heavy atom. The van der Waals surface area contributed by atoms with E-state index in [0.29, 0.717) is 16.1 Å². The average Bonchev–Trinajstić information content (AvgIpc) is 3.81. The van der Waals surface area contributed by atoms with E-state index in [9.17, 15) is 4.79 Å². The maximum Gasteiger partial charge on any atom is 0.248 e. The number of hydrogen-bond acceptors (Lipinski definition) is 4. The summed E-state index contributed by atoms with van der Waals surface area (Å²) in [5.74, 6) is 1.71. The van der Waals surface area contributed by atoms with Gasteiger partial charge in [-0.2, -0.15) is 0 Å². The summed E-state index contributed by atoms with van der Waals surface area (Å²) >= 11 is 12.7. The van der Waals surface area contributed by atoms with Crippen molar-refractivity contribution >= 4 is 40.6 Å². The van der Waals surface area contributed by atoms with Crippen LogP contribution in [-0.2, 0) is 4.79 Å². The largest absolute Gasteiger partial charge is 0.370 e. The van der Waals surface area contributed by atoms with Gasteiger partial charge < -0.3 is 15.1 Å². The molecule has 0 bridgehead atoms. The molecule has 2 saturated carbocycles. The fraction of sp³-hybridized carbons (Fsp3) is 0.519. The van der Waals surface area contributed by atoms with Crippen molar-refractivity contribution in [2.45, 2.75) is 56.5 Å². The standard InChI is InChI=1S/C27H33Cl2N5O/c1-33(24-18-20(28)7-8-22(24)29)21-10-16-34(17-11-21)25(23-4-2-3-14-30-23)32-27(12-13-27)26(35)31-15-9-19-5-6-19/h2-4,7-8,14,18-19,21H,5-6,9-13,15-17H2,1H3,(H,31,35). The molecule has 186 valence electrons. The zero-order chi connectivity index (χ0) is 24.4. The number of hydrogen-bond donors (Lipinski definition) is 1. The van der Waals surface area contributed by atoms with Crippen LogP contribution in [0.2, 0.25) is 10.0 Å². The van der Waals surface area contributed by atoms with E-state index >= 15 is 0 Å². The second kappa shape index (κ2) is 10.4. The number of aromatic nitrogens is 1. The number of amides is 1. The molecular weight excluding hydrogens is 481 g/mol. The summed E-state index contributed by atoms with van der Waals surface area (Å²) < 4.78 is 0. The molecule has 1 amide bonds. The van der Waals surface area contributed by atoms with Gasteiger partial charge in [-0.1, -0.05) is 42.1 Å². The predicted molar refractivity (Wildman–Crippen MR) is 143 cm³/mol. The molecule has 1 aromatic carbocycles. The van der Waals surface area contributed by atoms with Gasteiger partial charge in [-0.15, -0.1) is 0 Å². The van der Waals surface area contributed by atoms with Crippen molar-refractivity contribution in [2.75, 3.05) is 31.6 Å². The summed E-state index contributed by atoms with van der Waals surface area (Å²) in [7, 11) is 2.08. The van der Waals surface area contributed by atoms with Gasteiger partial charge in [0.2, 0.25) is 5.91 Å². The number of carbonyl (C=O) groups excluding carboxylic acids is 1. The highest BCUT2D eigenvalue weighted by molar-refractivity contribution is 6.35. The maximum absolute atomic E-state index is 13.0. The molecule has 0 spiro atoms. The Morgan fingerprint density at radius 3 is 2.60 bits per heavy atom. The molecule has 3 aliphatic rings. The molecule has 1 N–H and O–H groups in total. The van der Waals surface area contributed by atoms with Crippen LogP contribution in [0.15, 0.2) is 47.6 Å². The molecule has 1 aliphatic heterocycles. The zero-order valence-electron chi connectivity index (χ0n) is 20.2. The molecule has 2 heterocycles. The molecule has 8 heteroatoms. The van der Waals surface area contributed by atoms with Crippen molar-refractivity contribution in [1.29, 1.82) is 0 Å². The Labute approximate surface area is 217 Å². The topological polar surface area (TPSA) is 60.8 Å². The van der Waals surface area contributed by atoms with Crippen LogP contribution in [0, 0.1) is 5.92 Å². The van der Waals surface area contributed by atoms with E-state index in [1.54, 1.807) is 6.20 Å². The number of anilines is 1. The quantitative estimate of drug-likeness (QED) is 0.390. The summed E-state index contributed by atoms with van der Waals surface area (Å²) in [5.41, 5.74) is 1.14. The van der Waals surface area contributed by atoms with Crippen LogP contribution < -0.4 is 10.2 Å². The molecule has 0 unspecified atom stereocenters. The molecule has 2 aliphatic carbocycles. The lowest BCUT2D eigenvalue weighted by Gasteiger charge is -2.39. The van der Waals surface area contributed by atoms with E-state index < -0.39 is 5.54 Å². The minimum absolute atomic E-state index is 0.0665. The number of nitrogens with one attached hydrogen (secondary N) is 1. The van der Waals surface area contributed by atoms with Crippen LogP contribution in [0.25, 0.3) is 0 Å². The van der Waals surface area contributed by atoms with Crippen molar-refractivity contribution in [3.8, 4) is 0 Å². The molecule has 5 rings (SSSR count). The summed E-state index contributed by atoms with van der Waals surface area (Å²) in [6.45, 7) is 2.42. The third-order valence-electron chi connectivity index (χ3n) is 7.50. The van der Waals surface area contributed by atoms with Crippen molar-refractivity contribution in [3.63, 3.8) is 0 Å². The monoisotopic (exact) mass is 513 g/mol. The fourth-order valence-corrected chi connectivity index (χ4v) is 5.29. The third kappa shape index (κ3) is 5.75. The number of carbonyl (C=O) groups is 1. The Morgan fingerprint density at radius 1 is 1.17 bits per heavy atom. The van der Waals surface area contributed by atoms with Gasteiger partial charge in [0.1, 0.15) is 11.2 Å². The molecule has 35 heavy (non-hydrogen) atoms. The lowest BCUT2D eigenvalue weighted by molar-refractivity contribution is -0.123. The number of piperidine rings is 1. The number of nitrogens with zero attached hydrogens (tertiary/aromatic N) is 4. The second-order valence-electron chi connectivity index (χ2n) is 10.1. The molecule has 0 radical (unpaired) electrons. The van der Waals surface area contributed by atoms with E-state index in [1.165, 1.54) is 12.8 Å². The fourth-order valence-electron chi connectivity index (χ4n) is 4.87. The van der Waals surface area contributed by atoms with Crippen LogP contribution in [0.1, 0.15) is 50.6 Å². The number of benzene rings is 1. The molecule has 3 fully saturated rings. The number of halogens is 2. The average molecular weight is 515 g/mol. The van der Waals surface area contributed by atoms with Gasteiger partial charge in [0.15, 0.2) is 5.84 Å². The molecule has 1 saturated heterocycles. The first kappa shape index (κ1) is 24.4. The minimum Gasteiger partial charge on any atom is -0.370 e. The lowest BCUT2D eigenvalue weighted by atomic mass is 10.0. The van der Waals surface area contributed by atoms with E-state index in [2.05, 4.69) is 27.1 Å². The van der Waals surface area contributed by atoms with Crippen molar-refractivity contribution in [2.24, 2.45) is 10.9 Å². The maximum atomic E-state index is 13.0. The van der Waals surface area contributed by atoms with Gasteiger partial charge in [0.05, 0.1) is 10.7 Å². The Balaban J connectivity index is 1.30. The van der Waals surface area contributed by atoms with E-state index in [1.807, 2.05) is 36.4 Å². The van der Waals surface area contributed by atoms with Crippen LogP contribution in [0.3, 0.4) is 0 Å². The second-order valence-corrected chi connectivity index (χ2v) is 10.9. The summed E-state index contributed by atoms with van der Waals surface area (Å²) in [6.07, 6.45) is 8.97. The van der Waals surface area contributed by atoms with Gasteiger partial charge in [-0.05, 0) is 68.4 Å². The first-order valence-electron chi connectivity index (χ1n) is 12.7. The van der Waals surface area contributed by atoms with Crippen LogP contribution in [-0.4, -0.2) is 59.9 Å². The van der Waals surface area contributed by atoms with Gasteiger partial charge in [-0.3, -0.25) is 9.78 Å². The van der Waals surface area contributed by atoms with Crippen molar-refractivity contribution in [3.05, 3.63) is 58.3 Å². The molecule has 2 aromatic rings. The molecule has 6 nitrogen and oxygen atoms in total. The van der Waals surface area contributed by atoms with E-state index in [-0.39, 0.29) is 5.91 Å². The van der Waals surface area contributed by atoms with Gasteiger partial charge >= 0.3 is 0 Å². The number of aliphatic imine (C=N–C) groups is 1. The van der Waals surface area contributed by atoms with Crippen LogP contribution in [0.5, 0.6) is 0 Å². The zero-order valence-corrected chi connectivity index (χ0v) is 21.7. The predicted octanol–water partition coefficient (Wildman–Crippen LogP) is 5.18. The number of likely N-dealkylation sites (tertiary alicyclic amines) is 1. The van der Waals surface area contributed by atoms with E-state index in [4.69, 9.17) is 28.2 Å². The molecule has 1 aromatic heterocycles. The first-order valence-corrected chi connectivity index (χ1v) is 13.4. The van der Waals surface area contributed by atoms with Gasteiger partial charge in [0, 0.05) is 43.9 Å². The molecular formula is C27H33Cl2N5O. The number of pyridine rings is 1. The number of amidine groups is 1. The van der Waals surface area contributed by atoms with E-state index in [0.717, 1.165) is 74.9 Å². The van der Waals surface area contributed by atoms with Gasteiger partial charge in [0.25, 0.3) is 0 Å². The first-order chi connectivity index (χ1) is 16.9. The summed E-state index contributed by atoms with van der Waals surface area (Å²) in [6, 6.07) is 11.8. The van der Waals surface area contributed by atoms with Gasteiger partial charge in [-0.25, -0.2) is 4.99 Å². The summed E-state index contributed by atoms with van der Waals surface area (Å²) in [5, 5.41) is 4.54. The number of rotatable bonds is 8. The lowest BCUT2D eigenvalue weighted by Crippen LogP contribution is -2.47. The normalized spacial score (nSPS) is 20.0. The Kier molecular flexibility index (Phi) is 7.21. The highest BCUT2D eigenvalue weighted by atomic mass is 35.5. The highest BCUT2D eigenvalue weighted by Crippen LogP contribution is 2.41. The smallest absolute Gasteiger partial charge is 0.248 e. The third-order valence-corrected chi connectivity index (χ3v) is 8.05. The highest BCUT2D eigenvalue weighted by Gasteiger charge is 2.51. The molecule has 0 atom stereocenters. The Hall–Kier alpha value is -2.31. The van der Waals surface area contributed by atoms with Crippen LogP contribution >= 0.6 is 23.2 Å². The van der Waals surface area contributed by atoms with Crippen LogP contribution in [0.4, 0.5) is 5.69 Å². The van der Waals surface area contributed by atoms with Crippen molar-refractivity contribution in [1.82, 2.24) is 15.2 Å². The van der Waals surface area contributed by atoms with Crippen molar-refractivity contribution < 1.29 is 4.79 Å². The Bertz CT molecular complexity index is 1080. The minimum atomic E-state index is -0.641. The summed E-state index contributed by atoms with van der Waals surface area (Å²) in [4.78, 5) is 27.3. The SMILES string of the molecule is CN(c1cc(Cl)ccc1Cl)C1CCN(C(=NC2(C(=O)NCCC3CC3)CC2)c2ccccn2)CC1.